The fourth-order valence-corrected chi connectivity index (χ4v) is 4.66. The van der Waals surface area contributed by atoms with Gasteiger partial charge in [-0.1, -0.05) is 30.3 Å². The highest BCUT2D eigenvalue weighted by atomic mass is 32.2. The van der Waals surface area contributed by atoms with Crippen molar-refractivity contribution in [2.45, 2.75) is 18.7 Å². The lowest BCUT2D eigenvalue weighted by atomic mass is 10.1. The molecule has 3 aromatic rings. The number of aryl methyl sites for hydroxylation is 1. The van der Waals surface area contributed by atoms with Crippen molar-refractivity contribution in [2.24, 2.45) is 0 Å². The van der Waals surface area contributed by atoms with Gasteiger partial charge in [0.05, 0.1) is 23.3 Å². The van der Waals surface area contributed by atoms with Crippen molar-refractivity contribution in [3.63, 3.8) is 0 Å². The highest BCUT2D eigenvalue weighted by Gasteiger charge is 2.28. The standard InChI is InChI=1S/C24H24N2O5S/c1-17-8-7-11-22(18(17)2)26(32(29,30)21-9-5-4-6-10-21)16-23(27)25-20-14-12-19(13-15-20)24(28)31-3/h4-15H,16H2,1-3H3,(H,25,27). The minimum Gasteiger partial charge on any atom is -0.465 e. The topological polar surface area (TPSA) is 92.8 Å². The summed E-state index contributed by atoms with van der Waals surface area (Å²) in [7, 11) is -2.71. The molecular formula is C24H24N2O5S. The molecule has 1 amide bonds. The number of carbonyl (C=O) groups is 2. The van der Waals surface area contributed by atoms with E-state index >= 15 is 0 Å². The second-order valence-corrected chi connectivity index (χ2v) is 9.02. The fraction of sp³-hybridized carbons (Fsp3) is 0.167. The Balaban J connectivity index is 1.91. The molecule has 3 aromatic carbocycles. The highest BCUT2D eigenvalue weighted by Crippen LogP contribution is 2.28. The maximum absolute atomic E-state index is 13.4. The Hall–Kier alpha value is -3.65. The van der Waals surface area contributed by atoms with E-state index in [0.29, 0.717) is 16.9 Å². The molecule has 0 aliphatic carbocycles. The van der Waals surface area contributed by atoms with E-state index < -0.39 is 28.4 Å². The average Bonchev–Trinajstić information content (AvgIpc) is 2.80. The number of amides is 1. The number of hydrogen-bond donors (Lipinski definition) is 1. The number of methoxy groups -OCH3 is 1. The van der Waals surface area contributed by atoms with E-state index in [2.05, 4.69) is 10.1 Å². The van der Waals surface area contributed by atoms with Gasteiger partial charge in [-0.05, 0) is 67.4 Å². The Bertz CT molecular complexity index is 1220. The summed E-state index contributed by atoms with van der Waals surface area (Å²) >= 11 is 0. The van der Waals surface area contributed by atoms with Gasteiger partial charge in [-0.2, -0.15) is 0 Å². The first-order valence-corrected chi connectivity index (χ1v) is 11.3. The zero-order valence-corrected chi connectivity index (χ0v) is 18.8. The van der Waals surface area contributed by atoms with E-state index in [1.807, 2.05) is 19.9 Å². The minimum atomic E-state index is -3.99. The van der Waals surface area contributed by atoms with Gasteiger partial charge in [-0.3, -0.25) is 9.10 Å². The fourth-order valence-electron chi connectivity index (χ4n) is 3.16. The van der Waals surface area contributed by atoms with Crippen LogP contribution in [0.1, 0.15) is 21.5 Å². The van der Waals surface area contributed by atoms with E-state index in [-0.39, 0.29) is 4.90 Å². The van der Waals surface area contributed by atoms with Gasteiger partial charge >= 0.3 is 5.97 Å². The summed E-state index contributed by atoms with van der Waals surface area (Å²) in [6, 6.07) is 19.5. The van der Waals surface area contributed by atoms with E-state index in [1.54, 1.807) is 42.5 Å². The van der Waals surface area contributed by atoms with Crippen LogP contribution < -0.4 is 9.62 Å². The van der Waals surface area contributed by atoms with E-state index in [1.165, 1.54) is 31.4 Å². The highest BCUT2D eigenvalue weighted by molar-refractivity contribution is 7.92. The van der Waals surface area contributed by atoms with E-state index in [0.717, 1.165) is 15.4 Å². The number of sulfonamides is 1. The largest absolute Gasteiger partial charge is 0.465 e. The molecule has 0 aliphatic rings. The molecule has 0 saturated heterocycles. The molecule has 0 fully saturated rings. The molecule has 166 valence electrons. The second-order valence-electron chi connectivity index (χ2n) is 7.16. The summed E-state index contributed by atoms with van der Waals surface area (Å²) in [5.74, 6) is -1.01. The van der Waals surface area contributed by atoms with Gasteiger partial charge in [0.15, 0.2) is 0 Å². The maximum atomic E-state index is 13.4. The van der Waals surface area contributed by atoms with Crippen LogP contribution in [0.2, 0.25) is 0 Å². The monoisotopic (exact) mass is 452 g/mol. The molecule has 0 saturated carbocycles. The summed E-state index contributed by atoms with van der Waals surface area (Å²) in [5, 5.41) is 2.69. The predicted molar refractivity (Wildman–Crippen MR) is 123 cm³/mol. The van der Waals surface area contributed by atoms with Crippen LogP contribution in [-0.4, -0.2) is 33.9 Å². The maximum Gasteiger partial charge on any atom is 0.337 e. The van der Waals surface area contributed by atoms with Crippen LogP contribution in [0, 0.1) is 13.8 Å². The number of carbonyl (C=O) groups excluding carboxylic acids is 2. The lowest BCUT2D eigenvalue weighted by molar-refractivity contribution is -0.114. The third-order valence-electron chi connectivity index (χ3n) is 5.05. The summed E-state index contributed by atoms with van der Waals surface area (Å²) in [5.41, 5.74) is 2.89. The Morgan fingerprint density at radius 1 is 0.906 bits per heavy atom. The molecule has 8 heteroatoms. The summed E-state index contributed by atoms with van der Waals surface area (Å²) in [6.45, 7) is 3.29. The van der Waals surface area contributed by atoms with Crippen molar-refractivity contribution >= 4 is 33.3 Å². The van der Waals surface area contributed by atoms with Crippen LogP contribution in [0.3, 0.4) is 0 Å². The molecule has 1 N–H and O–H groups in total. The SMILES string of the molecule is COC(=O)c1ccc(NC(=O)CN(c2cccc(C)c2C)S(=O)(=O)c2ccccc2)cc1. The number of ether oxygens (including phenoxy) is 1. The van der Waals surface area contributed by atoms with Gasteiger partial charge in [0.25, 0.3) is 10.0 Å². The average molecular weight is 453 g/mol. The van der Waals surface area contributed by atoms with Crippen molar-refractivity contribution in [3.05, 3.63) is 89.5 Å². The number of rotatable bonds is 7. The zero-order chi connectivity index (χ0) is 23.3. The molecule has 0 aliphatic heterocycles. The molecule has 0 radical (unpaired) electrons. The summed E-state index contributed by atoms with van der Waals surface area (Å²) in [4.78, 5) is 24.5. The molecular weight excluding hydrogens is 428 g/mol. The first kappa shape index (κ1) is 23.0. The number of esters is 1. The Morgan fingerprint density at radius 2 is 1.56 bits per heavy atom. The number of nitrogens with one attached hydrogen (secondary N) is 1. The van der Waals surface area contributed by atoms with Crippen molar-refractivity contribution < 1.29 is 22.7 Å². The van der Waals surface area contributed by atoms with Gasteiger partial charge in [-0.25, -0.2) is 13.2 Å². The Morgan fingerprint density at radius 3 is 2.19 bits per heavy atom. The van der Waals surface area contributed by atoms with Crippen LogP contribution in [0.4, 0.5) is 11.4 Å². The molecule has 0 heterocycles. The molecule has 0 atom stereocenters. The van der Waals surface area contributed by atoms with Crippen LogP contribution in [0.5, 0.6) is 0 Å². The predicted octanol–water partition coefficient (Wildman–Crippen LogP) is 3.92. The lowest BCUT2D eigenvalue weighted by Crippen LogP contribution is -2.38. The minimum absolute atomic E-state index is 0.0936. The van der Waals surface area contributed by atoms with Crippen LogP contribution in [-0.2, 0) is 19.6 Å². The first-order valence-electron chi connectivity index (χ1n) is 9.86. The molecule has 7 nitrogen and oxygen atoms in total. The van der Waals surface area contributed by atoms with Crippen LogP contribution >= 0.6 is 0 Å². The van der Waals surface area contributed by atoms with Gasteiger partial charge in [0, 0.05) is 5.69 Å². The van der Waals surface area contributed by atoms with E-state index in [9.17, 15) is 18.0 Å². The molecule has 32 heavy (non-hydrogen) atoms. The Kier molecular flexibility index (Phi) is 6.95. The third-order valence-corrected chi connectivity index (χ3v) is 6.83. The molecule has 0 bridgehead atoms. The van der Waals surface area contributed by atoms with Gasteiger partial charge < -0.3 is 10.1 Å². The van der Waals surface area contributed by atoms with Crippen LogP contribution in [0.15, 0.2) is 77.7 Å². The third kappa shape index (κ3) is 4.97. The quantitative estimate of drug-likeness (QED) is 0.549. The van der Waals surface area contributed by atoms with Crippen molar-refractivity contribution in [1.82, 2.24) is 0 Å². The second kappa shape index (κ2) is 9.65. The summed E-state index contributed by atoms with van der Waals surface area (Å²) in [6.07, 6.45) is 0. The first-order chi connectivity index (χ1) is 15.2. The number of anilines is 2. The van der Waals surface area contributed by atoms with Gasteiger partial charge in [-0.15, -0.1) is 0 Å². The van der Waals surface area contributed by atoms with Crippen molar-refractivity contribution in [1.29, 1.82) is 0 Å². The van der Waals surface area contributed by atoms with Gasteiger partial charge in [0.2, 0.25) is 5.91 Å². The number of hydrogen-bond acceptors (Lipinski definition) is 5. The molecule has 0 spiro atoms. The van der Waals surface area contributed by atoms with Crippen LogP contribution in [0.25, 0.3) is 0 Å². The molecule has 0 unspecified atom stereocenters. The lowest BCUT2D eigenvalue weighted by Gasteiger charge is -2.26. The van der Waals surface area contributed by atoms with Gasteiger partial charge in [0.1, 0.15) is 6.54 Å². The number of benzene rings is 3. The smallest absolute Gasteiger partial charge is 0.337 e. The Labute approximate surface area is 187 Å². The normalized spacial score (nSPS) is 11.0. The van der Waals surface area contributed by atoms with Crippen molar-refractivity contribution in [2.75, 3.05) is 23.3 Å². The van der Waals surface area contributed by atoms with Crippen molar-refractivity contribution in [3.8, 4) is 0 Å². The molecule has 3 rings (SSSR count). The summed E-state index contributed by atoms with van der Waals surface area (Å²) < 4.78 is 32.6. The van der Waals surface area contributed by atoms with E-state index in [4.69, 9.17) is 0 Å². The molecule has 0 aromatic heterocycles. The zero-order valence-electron chi connectivity index (χ0n) is 18.0. The number of nitrogens with zero attached hydrogens (tertiary/aromatic N) is 1.